The highest BCUT2D eigenvalue weighted by Gasteiger charge is 2.44. The number of esters is 1. The van der Waals surface area contributed by atoms with Gasteiger partial charge in [-0.05, 0) is 54.8 Å². The van der Waals surface area contributed by atoms with E-state index in [-0.39, 0.29) is 10.7 Å². The molecule has 182 valence electrons. The Hall–Kier alpha value is -2.82. The molecule has 0 bridgehead atoms. The first-order valence-corrected chi connectivity index (χ1v) is 12.7. The molecule has 2 aromatic rings. The van der Waals surface area contributed by atoms with Gasteiger partial charge in [0.25, 0.3) is 5.91 Å². The molecule has 0 atom stereocenters. The lowest BCUT2D eigenvalue weighted by atomic mass is 9.79. The van der Waals surface area contributed by atoms with Crippen LogP contribution in [-0.2, 0) is 34.5 Å². The van der Waals surface area contributed by atoms with Crippen LogP contribution in [-0.4, -0.2) is 57.5 Å². The standard InChI is InChI=1S/C24H27FN2O6S/c25-19-5-3-18(4-6-19)24(11-1-2-12-24)23(29)33-17-22(28)26-20-7-9-21(10-8-20)34(30,31)27-13-15-32-16-14-27/h3-10H,1-2,11-17H2,(H,26,28). The molecule has 0 radical (unpaired) electrons. The average molecular weight is 491 g/mol. The Balaban J connectivity index is 1.35. The zero-order chi connectivity index (χ0) is 24.2. The van der Waals surface area contributed by atoms with Crippen LogP contribution in [0.5, 0.6) is 0 Å². The second kappa shape index (κ2) is 10.2. The number of nitrogens with zero attached hydrogens (tertiary/aromatic N) is 1. The van der Waals surface area contributed by atoms with E-state index in [1.54, 1.807) is 12.1 Å². The zero-order valence-electron chi connectivity index (χ0n) is 18.7. The summed E-state index contributed by atoms with van der Waals surface area (Å²) in [6.45, 7) is 0.829. The van der Waals surface area contributed by atoms with Gasteiger partial charge in [0.2, 0.25) is 10.0 Å². The fourth-order valence-corrected chi connectivity index (χ4v) is 5.88. The summed E-state index contributed by atoms with van der Waals surface area (Å²) < 4.78 is 50.6. The van der Waals surface area contributed by atoms with E-state index in [9.17, 15) is 22.4 Å². The predicted octanol–water partition coefficient (Wildman–Crippen LogP) is 2.84. The first-order chi connectivity index (χ1) is 16.3. The number of morpholine rings is 1. The molecule has 0 spiro atoms. The van der Waals surface area contributed by atoms with Crippen LogP contribution >= 0.6 is 0 Å². The molecule has 2 aromatic carbocycles. The molecular formula is C24H27FN2O6S. The minimum Gasteiger partial charge on any atom is -0.455 e. The van der Waals surface area contributed by atoms with Gasteiger partial charge in [-0.3, -0.25) is 9.59 Å². The SMILES string of the molecule is O=C(COC(=O)C1(c2ccc(F)cc2)CCCC1)Nc1ccc(S(=O)(=O)N2CCOCC2)cc1. The molecule has 1 N–H and O–H groups in total. The van der Waals surface area contributed by atoms with Crippen LogP contribution in [0.3, 0.4) is 0 Å². The summed E-state index contributed by atoms with van der Waals surface area (Å²) in [5, 5.41) is 2.61. The summed E-state index contributed by atoms with van der Waals surface area (Å²) in [5.41, 5.74) is 0.202. The third kappa shape index (κ3) is 5.13. The Labute approximate surface area is 198 Å². The zero-order valence-corrected chi connectivity index (χ0v) is 19.5. The second-order valence-corrected chi connectivity index (χ2v) is 10.4. The maximum atomic E-state index is 13.3. The lowest BCUT2D eigenvalue weighted by Gasteiger charge is -2.27. The highest BCUT2D eigenvalue weighted by Crippen LogP contribution is 2.42. The first-order valence-electron chi connectivity index (χ1n) is 11.2. The number of hydrogen-bond donors (Lipinski definition) is 1. The molecule has 1 saturated carbocycles. The number of carbonyl (C=O) groups is 2. The maximum absolute atomic E-state index is 13.3. The Bertz CT molecular complexity index is 1120. The third-order valence-electron chi connectivity index (χ3n) is 6.32. The minimum absolute atomic E-state index is 0.126. The Morgan fingerprint density at radius 1 is 1.00 bits per heavy atom. The van der Waals surface area contributed by atoms with E-state index in [4.69, 9.17) is 9.47 Å². The number of benzene rings is 2. The molecule has 2 aliphatic rings. The van der Waals surface area contributed by atoms with Crippen molar-refractivity contribution in [2.75, 3.05) is 38.2 Å². The van der Waals surface area contributed by atoms with E-state index in [0.717, 1.165) is 12.8 Å². The minimum atomic E-state index is -3.63. The number of sulfonamides is 1. The van der Waals surface area contributed by atoms with Crippen molar-refractivity contribution in [1.29, 1.82) is 0 Å². The predicted molar refractivity (Wildman–Crippen MR) is 122 cm³/mol. The fourth-order valence-electron chi connectivity index (χ4n) is 4.47. The molecule has 8 nitrogen and oxygen atoms in total. The van der Waals surface area contributed by atoms with E-state index in [0.29, 0.717) is 50.4 Å². The molecule has 1 aliphatic heterocycles. The van der Waals surface area contributed by atoms with Gasteiger partial charge in [-0.25, -0.2) is 12.8 Å². The summed E-state index contributed by atoms with van der Waals surface area (Å²) in [6.07, 6.45) is 2.85. The van der Waals surface area contributed by atoms with Crippen LogP contribution in [0.1, 0.15) is 31.2 Å². The van der Waals surface area contributed by atoms with Gasteiger partial charge in [0.1, 0.15) is 5.82 Å². The Morgan fingerprint density at radius 2 is 1.62 bits per heavy atom. The van der Waals surface area contributed by atoms with Gasteiger partial charge in [0.05, 0.1) is 23.5 Å². The van der Waals surface area contributed by atoms with Crippen molar-refractivity contribution < 1.29 is 31.9 Å². The van der Waals surface area contributed by atoms with Crippen LogP contribution in [0.25, 0.3) is 0 Å². The number of amides is 1. The number of nitrogens with one attached hydrogen (secondary N) is 1. The molecule has 0 aromatic heterocycles. The van der Waals surface area contributed by atoms with Crippen molar-refractivity contribution in [2.45, 2.75) is 36.0 Å². The smallest absolute Gasteiger partial charge is 0.317 e. The lowest BCUT2D eigenvalue weighted by Crippen LogP contribution is -2.40. The molecule has 1 saturated heterocycles. The summed E-state index contributed by atoms with van der Waals surface area (Å²) in [7, 11) is -3.63. The maximum Gasteiger partial charge on any atom is 0.317 e. The van der Waals surface area contributed by atoms with Crippen LogP contribution < -0.4 is 5.32 Å². The quantitative estimate of drug-likeness (QED) is 0.599. The van der Waals surface area contributed by atoms with Gasteiger partial charge in [0, 0.05) is 18.8 Å². The van der Waals surface area contributed by atoms with Gasteiger partial charge < -0.3 is 14.8 Å². The van der Waals surface area contributed by atoms with E-state index in [1.165, 1.54) is 40.7 Å². The van der Waals surface area contributed by atoms with Crippen LogP contribution in [0.2, 0.25) is 0 Å². The highest BCUT2D eigenvalue weighted by atomic mass is 32.2. The fraction of sp³-hybridized carbons (Fsp3) is 0.417. The number of hydrogen-bond acceptors (Lipinski definition) is 6. The van der Waals surface area contributed by atoms with E-state index >= 15 is 0 Å². The number of halogens is 1. The van der Waals surface area contributed by atoms with Crippen LogP contribution in [0, 0.1) is 5.82 Å². The van der Waals surface area contributed by atoms with Crippen LogP contribution in [0.15, 0.2) is 53.4 Å². The molecular weight excluding hydrogens is 463 g/mol. The summed E-state index contributed by atoms with van der Waals surface area (Å²) in [5.74, 6) is -1.42. The van der Waals surface area contributed by atoms with Crippen molar-refractivity contribution in [1.82, 2.24) is 4.31 Å². The van der Waals surface area contributed by atoms with Crippen molar-refractivity contribution in [2.24, 2.45) is 0 Å². The summed E-state index contributed by atoms with van der Waals surface area (Å²) in [6, 6.07) is 11.6. The van der Waals surface area contributed by atoms with Crippen molar-refractivity contribution in [3.8, 4) is 0 Å². The first kappa shape index (κ1) is 24.3. The van der Waals surface area contributed by atoms with Crippen LogP contribution in [0.4, 0.5) is 10.1 Å². The van der Waals surface area contributed by atoms with Gasteiger partial charge in [-0.15, -0.1) is 0 Å². The van der Waals surface area contributed by atoms with E-state index < -0.39 is 33.9 Å². The van der Waals surface area contributed by atoms with Crippen molar-refractivity contribution in [3.05, 3.63) is 59.9 Å². The molecule has 1 amide bonds. The van der Waals surface area contributed by atoms with E-state index in [1.807, 2.05) is 0 Å². The molecule has 1 aliphatic carbocycles. The largest absolute Gasteiger partial charge is 0.455 e. The molecule has 1 heterocycles. The Kier molecular flexibility index (Phi) is 7.30. The van der Waals surface area contributed by atoms with Crippen molar-refractivity contribution in [3.63, 3.8) is 0 Å². The van der Waals surface area contributed by atoms with Gasteiger partial charge in [0.15, 0.2) is 6.61 Å². The topological polar surface area (TPSA) is 102 Å². The molecule has 4 rings (SSSR count). The molecule has 0 unspecified atom stereocenters. The summed E-state index contributed by atoms with van der Waals surface area (Å²) in [4.78, 5) is 25.4. The normalized spacial score (nSPS) is 18.4. The monoisotopic (exact) mass is 490 g/mol. The van der Waals surface area contributed by atoms with Crippen molar-refractivity contribution >= 4 is 27.6 Å². The lowest BCUT2D eigenvalue weighted by molar-refractivity contribution is -0.153. The second-order valence-electron chi connectivity index (χ2n) is 8.46. The molecule has 34 heavy (non-hydrogen) atoms. The molecule has 10 heteroatoms. The van der Waals surface area contributed by atoms with Gasteiger partial charge >= 0.3 is 5.97 Å². The van der Waals surface area contributed by atoms with Gasteiger partial charge in [-0.2, -0.15) is 4.31 Å². The number of anilines is 1. The number of rotatable bonds is 7. The van der Waals surface area contributed by atoms with E-state index in [2.05, 4.69) is 5.32 Å². The van der Waals surface area contributed by atoms with Gasteiger partial charge in [-0.1, -0.05) is 25.0 Å². The molecule has 2 fully saturated rings. The summed E-state index contributed by atoms with van der Waals surface area (Å²) >= 11 is 0. The number of ether oxygens (including phenoxy) is 2. The number of carbonyl (C=O) groups excluding carboxylic acids is 2. The third-order valence-corrected chi connectivity index (χ3v) is 8.24. The average Bonchev–Trinajstić information content (AvgIpc) is 3.35. The Morgan fingerprint density at radius 3 is 2.24 bits per heavy atom. The highest BCUT2D eigenvalue weighted by molar-refractivity contribution is 7.89.